The first-order valence-electron chi connectivity index (χ1n) is 8.37. The minimum Gasteiger partial charge on any atom is -0.469 e. The predicted molar refractivity (Wildman–Crippen MR) is 102 cm³/mol. The molecule has 138 valence electrons. The summed E-state index contributed by atoms with van der Waals surface area (Å²) in [5.74, 6) is 0.719. The van der Waals surface area contributed by atoms with Crippen molar-refractivity contribution in [1.82, 2.24) is 20.4 Å². The molecule has 0 atom stereocenters. The van der Waals surface area contributed by atoms with Crippen LogP contribution in [0.15, 0.2) is 22.8 Å². The number of carbonyl (C=O) groups excluding carboxylic acids is 1. The summed E-state index contributed by atoms with van der Waals surface area (Å²) in [5, 5.41) is 25.5. The molecule has 3 aromatic rings. The number of furan rings is 1. The molecule has 2 N–H and O–H groups in total. The van der Waals surface area contributed by atoms with Crippen molar-refractivity contribution in [2.24, 2.45) is 0 Å². The Morgan fingerprint density at radius 2 is 1.73 bits per heavy atom. The molecule has 0 radical (unpaired) electrons. The molecule has 0 fully saturated rings. The van der Waals surface area contributed by atoms with E-state index in [-0.39, 0.29) is 5.91 Å². The van der Waals surface area contributed by atoms with E-state index in [9.17, 15) is 4.79 Å². The van der Waals surface area contributed by atoms with Crippen molar-refractivity contribution in [2.75, 3.05) is 17.7 Å². The van der Waals surface area contributed by atoms with Gasteiger partial charge in [-0.05, 0) is 25.0 Å². The molecule has 0 bridgehead atoms. The van der Waals surface area contributed by atoms with Crippen molar-refractivity contribution in [1.29, 1.82) is 0 Å². The summed E-state index contributed by atoms with van der Waals surface area (Å²) in [4.78, 5) is 11.9. The van der Waals surface area contributed by atoms with E-state index in [0.29, 0.717) is 18.0 Å². The lowest BCUT2D eigenvalue weighted by molar-refractivity contribution is -0.116. The van der Waals surface area contributed by atoms with Gasteiger partial charge in [-0.3, -0.25) is 4.79 Å². The van der Waals surface area contributed by atoms with Gasteiger partial charge >= 0.3 is 0 Å². The fourth-order valence-corrected chi connectivity index (χ4v) is 3.82. The fourth-order valence-electron chi connectivity index (χ4n) is 2.29. The Kier molecular flexibility index (Phi) is 6.67. The quantitative estimate of drug-likeness (QED) is 0.510. The summed E-state index contributed by atoms with van der Waals surface area (Å²) in [6.45, 7) is 0. The molecule has 0 aliphatic rings. The molecule has 3 heterocycles. The summed E-state index contributed by atoms with van der Waals surface area (Å²) in [6, 6.07) is 3.67. The van der Waals surface area contributed by atoms with Crippen molar-refractivity contribution in [2.45, 2.75) is 38.5 Å². The van der Waals surface area contributed by atoms with Gasteiger partial charge in [0.2, 0.25) is 16.2 Å². The highest BCUT2D eigenvalue weighted by Gasteiger charge is 2.09. The number of nitrogens with zero attached hydrogens (tertiary/aromatic N) is 4. The van der Waals surface area contributed by atoms with Crippen LogP contribution >= 0.6 is 22.7 Å². The second-order valence-corrected chi connectivity index (χ2v) is 7.71. The molecule has 0 saturated carbocycles. The van der Waals surface area contributed by atoms with Gasteiger partial charge in [-0.15, -0.1) is 20.4 Å². The van der Waals surface area contributed by atoms with Gasteiger partial charge in [0.15, 0.2) is 0 Å². The molecule has 0 unspecified atom stereocenters. The average molecular weight is 393 g/mol. The van der Waals surface area contributed by atoms with Gasteiger partial charge in [0.25, 0.3) is 0 Å². The van der Waals surface area contributed by atoms with E-state index in [0.717, 1.165) is 46.6 Å². The molecular formula is C16H20N6O2S2. The molecule has 10 heteroatoms. The zero-order valence-corrected chi connectivity index (χ0v) is 16.0. The average Bonchev–Trinajstić information content (AvgIpc) is 3.39. The lowest BCUT2D eigenvalue weighted by Gasteiger charge is -1.99. The van der Waals surface area contributed by atoms with Crippen LogP contribution in [0.4, 0.5) is 10.3 Å². The molecule has 0 aromatic carbocycles. The number of rotatable bonds is 10. The molecular weight excluding hydrogens is 372 g/mol. The third-order valence-electron chi connectivity index (χ3n) is 3.60. The third-order valence-corrected chi connectivity index (χ3v) is 5.50. The first-order chi connectivity index (χ1) is 12.7. The maximum atomic E-state index is 11.9. The van der Waals surface area contributed by atoms with Crippen LogP contribution in [-0.2, 0) is 24.1 Å². The Labute approximate surface area is 159 Å². The number of amides is 1. The molecule has 3 aromatic heterocycles. The first-order valence-corrected chi connectivity index (χ1v) is 10.0. The number of unbranched alkanes of at least 4 members (excludes halogenated alkanes) is 1. The van der Waals surface area contributed by atoms with Crippen LogP contribution in [0.2, 0.25) is 0 Å². The standard InChI is InChI=1S/C16H20N6O2S2/c1-17-15-21-19-13(25-15)6-2-3-7-14-20-22-16(26-14)18-12(23)9-8-11-5-4-10-24-11/h4-5,10H,2-3,6-9H2,1H3,(H,17,21)(H,18,22,23). The number of anilines is 2. The van der Waals surface area contributed by atoms with Gasteiger partial charge < -0.3 is 15.1 Å². The van der Waals surface area contributed by atoms with Crippen LogP contribution in [0.3, 0.4) is 0 Å². The number of hydrogen-bond donors (Lipinski definition) is 2. The number of aryl methyl sites for hydroxylation is 3. The van der Waals surface area contributed by atoms with Crippen molar-refractivity contribution in [3.63, 3.8) is 0 Å². The van der Waals surface area contributed by atoms with Crippen LogP contribution < -0.4 is 10.6 Å². The second kappa shape index (κ2) is 9.39. The van der Waals surface area contributed by atoms with Gasteiger partial charge in [0, 0.05) is 32.7 Å². The summed E-state index contributed by atoms with van der Waals surface area (Å²) >= 11 is 3.01. The fraction of sp³-hybridized carbons (Fsp3) is 0.438. The van der Waals surface area contributed by atoms with Crippen LogP contribution in [0, 0.1) is 0 Å². The van der Waals surface area contributed by atoms with E-state index in [2.05, 4.69) is 31.0 Å². The predicted octanol–water partition coefficient (Wildman–Crippen LogP) is 3.16. The van der Waals surface area contributed by atoms with E-state index in [4.69, 9.17) is 4.42 Å². The van der Waals surface area contributed by atoms with E-state index in [1.807, 2.05) is 19.2 Å². The van der Waals surface area contributed by atoms with Crippen molar-refractivity contribution >= 4 is 38.8 Å². The van der Waals surface area contributed by atoms with Crippen LogP contribution in [0.5, 0.6) is 0 Å². The topological polar surface area (TPSA) is 106 Å². The maximum Gasteiger partial charge on any atom is 0.226 e. The van der Waals surface area contributed by atoms with Crippen LogP contribution in [0.1, 0.15) is 35.0 Å². The normalized spacial score (nSPS) is 10.8. The number of hydrogen-bond acceptors (Lipinski definition) is 9. The highest BCUT2D eigenvalue weighted by atomic mass is 32.1. The van der Waals surface area contributed by atoms with Gasteiger partial charge in [0.05, 0.1) is 6.26 Å². The van der Waals surface area contributed by atoms with Crippen molar-refractivity contribution < 1.29 is 9.21 Å². The maximum absolute atomic E-state index is 11.9. The van der Waals surface area contributed by atoms with Gasteiger partial charge in [-0.25, -0.2) is 0 Å². The molecule has 0 spiro atoms. The molecule has 0 aliphatic carbocycles. The Morgan fingerprint density at radius 1 is 1.04 bits per heavy atom. The zero-order chi connectivity index (χ0) is 18.2. The van der Waals surface area contributed by atoms with Crippen LogP contribution in [0.25, 0.3) is 0 Å². The van der Waals surface area contributed by atoms with Gasteiger partial charge in [-0.2, -0.15) is 0 Å². The van der Waals surface area contributed by atoms with Crippen molar-refractivity contribution in [3.05, 3.63) is 34.2 Å². The molecule has 1 amide bonds. The second-order valence-electron chi connectivity index (χ2n) is 5.59. The smallest absolute Gasteiger partial charge is 0.226 e. The van der Waals surface area contributed by atoms with E-state index in [1.54, 1.807) is 17.6 Å². The number of aromatic nitrogens is 4. The van der Waals surface area contributed by atoms with Crippen LogP contribution in [-0.4, -0.2) is 33.3 Å². The zero-order valence-electron chi connectivity index (χ0n) is 14.4. The molecule has 8 nitrogen and oxygen atoms in total. The third kappa shape index (κ3) is 5.60. The van der Waals surface area contributed by atoms with Gasteiger partial charge in [0.1, 0.15) is 15.8 Å². The first kappa shape index (κ1) is 18.5. The highest BCUT2D eigenvalue weighted by Crippen LogP contribution is 2.20. The number of carbonyl (C=O) groups is 1. The van der Waals surface area contributed by atoms with E-state index >= 15 is 0 Å². The summed E-state index contributed by atoms with van der Waals surface area (Å²) in [6.07, 6.45) is 6.31. The lowest BCUT2D eigenvalue weighted by Crippen LogP contribution is -2.11. The summed E-state index contributed by atoms with van der Waals surface area (Å²) in [5.41, 5.74) is 0. The molecule has 0 aliphatic heterocycles. The minimum atomic E-state index is -0.0827. The van der Waals surface area contributed by atoms with E-state index in [1.165, 1.54) is 11.3 Å². The monoisotopic (exact) mass is 392 g/mol. The lowest BCUT2D eigenvalue weighted by atomic mass is 10.2. The molecule has 0 saturated heterocycles. The largest absolute Gasteiger partial charge is 0.469 e. The summed E-state index contributed by atoms with van der Waals surface area (Å²) in [7, 11) is 1.84. The summed E-state index contributed by atoms with van der Waals surface area (Å²) < 4.78 is 5.22. The van der Waals surface area contributed by atoms with Crippen molar-refractivity contribution in [3.8, 4) is 0 Å². The molecule has 3 rings (SSSR count). The van der Waals surface area contributed by atoms with E-state index < -0.39 is 0 Å². The SMILES string of the molecule is CNc1nnc(CCCCc2nnc(NC(=O)CCc3ccco3)s2)s1. The Bertz CT molecular complexity index is 814. The Hall–Kier alpha value is -2.33. The molecule has 26 heavy (non-hydrogen) atoms. The Balaban J connectivity index is 1.35. The highest BCUT2D eigenvalue weighted by molar-refractivity contribution is 7.15. The number of nitrogens with one attached hydrogen (secondary N) is 2. The minimum absolute atomic E-state index is 0.0827. The Morgan fingerprint density at radius 3 is 2.35 bits per heavy atom. The van der Waals surface area contributed by atoms with Gasteiger partial charge in [-0.1, -0.05) is 22.7 Å².